The number of ether oxygens (including phenoxy) is 2. The molecule has 0 aliphatic rings. The Kier molecular flexibility index (Phi) is 7.46. The number of aliphatic imine (C=N–C) groups is 1. The molecular formula is C19H23N3O3. The van der Waals surface area contributed by atoms with Gasteiger partial charge in [-0.3, -0.25) is 0 Å². The second-order valence-corrected chi connectivity index (χ2v) is 5.38. The van der Waals surface area contributed by atoms with Crippen LogP contribution in [-0.4, -0.2) is 32.2 Å². The fourth-order valence-electron chi connectivity index (χ4n) is 2.12. The van der Waals surface area contributed by atoms with E-state index in [4.69, 9.17) is 15.2 Å². The minimum Gasteiger partial charge on any atom is -0.457 e. The molecule has 2 aromatic rings. The van der Waals surface area contributed by atoms with Crippen molar-refractivity contribution >= 4 is 11.9 Å². The molecule has 3 N–H and O–H groups in total. The standard InChI is InChI=1S/C19H23N3O3/c1-24-11-10-21-19(20)22-13-16-8-5-9-17(12-16)18(23)25-14-15-6-3-2-4-7-15/h2-9,12H,10-11,13-14H2,1H3,(H3,20,21,22). The quantitative estimate of drug-likeness (QED) is 0.332. The van der Waals surface area contributed by atoms with Crippen LogP contribution in [0.2, 0.25) is 0 Å². The number of nitrogens with one attached hydrogen (secondary N) is 1. The Balaban J connectivity index is 1.89. The second kappa shape index (κ2) is 10.1. The Morgan fingerprint density at radius 1 is 1.12 bits per heavy atom. The number of hydrogen-bond donors (Lipinski definition) is 2. The van der Waals surface area contributed by atoms with Gasteiger partial charge >= 0.3 is 5.97 Å². The van der Waals surface area contributed by atoms with E-state index in [1.54, 1.807) is 25.3 Å². The SMILES string of the molecule is COCCNC(N)=NCc1cccc(C(=O)OCc2ccccc2)c1. The van der Waals surface area contributed by atoms with Crippen molar-refractivity contribution in [3.63, 3.8) is 0 Å². The maximum atomic E-state index is 12.2. The topological polar surface area (TPSA) is 85.9 Å². The van der Waals surface area contributed by atoms with Crippen molar-refractivity contribution in [2.45, 2.75) is 13.2 Å². The molecule has 0 spiro atoms. The van der Waals surface area contributed by atoms with Gasteiger partial charge in [-0.05, 0) is 23.3 Å². The van der Waals surface area contributed by atoms with E-state index in [9.17, 15) is 4.79 Å². The summed E-state index contributed by atoms with van der Waals surface area (Å²) in [5, 5.41) is 2.94. The molecule has 0 heterocycles. The van der Waals surface area contributed by atoms with E-state index in [-0.39, 0.29) is 12.6 Å². The highest BCUT2D eigenvalue weighted by atomic mass is 16.5. The minimum atomic E-state index is -0.360. The normalized spacial score (nSPS) is 11.2. The highest BCUT2D eigenvalue weighted by Crippen LogP contribution is 2.10. The van der Waals surface area contributed by atoms with E-state index in [0.717, 1.165) is 11.1 Å². The zero-order chi connectivity index (χ0) is 17.9. The Labute approximate surface area is 147 Å². The average molecular weight is 341 g/mol. The first kappa shape index (κ1) is 18.5. The fourth-order valence-corrected chi connectivity index (χ4v) is 2.12. The molecule has 0 radical (unpaired) electrons. The van der Waals surface area contributed by atoms with Crippen LogP contribution in [0.4, 0.5) is 0 Å². The van der Waals surface area contributed by atoms with Gasteiger partial charge < -0.3 is 20.5 Å². The summed E-state index contributed by atoms with van der Waals surface area (Å²) in [6, 6.07) is 16.7. The van der Waals surface area contributed by atoms with Crippen LogP contribution in [-0.2, 0) is 22.6 Å². The zero-order valence-corrected chi connectivity index (χ0v) is 14.3. The molecule has 0 aromatic heterocycles. The maximum absolute atomic E-state index is 12.2. The summed E-state index contributed by atoms with van der Waals surface area (Å²) in [6.07, 6.45) is 0. The van der Waals surface area contributed by atoms with Crippen molar-refractivity contribution in [1.29, 1.82) is 0 Å². The summed E-state index contributed by atoms with van der Waals surface area (Å²) in [5.41, 5.74) is 8.09. The van der Waals surface area contributed by atoms with Crippen LogP contribution in [0.5, 0.6) is 0 Å². The van der Waals surface area contributed by atoms with Gasteiger partial charge in [0.25, 0.3) is 0 Å². The Bertz CT molecular complexity index is 702. The summed E-state index contributed by atoms with van der Waals surface area (Å²) < 4.78 is 10.3. The average Bonchev–Trinajstić information content (AvgIpc) is 2.66. The summed E-state index contributed by atoms with van der Waals surface area (Å²) in [6.45, 7) is 1.78. The van der Waals surface area contributed by atoms with Crippen molar-refractivity contribution in [2.24, 2.45) is 10.7 Å². The molecule has 0 amide bonds. The monoisotopic (exact) mass is 341 g/mol. The molecule has 132 valence electrons. The number of carbonyl (C=O) groups is 1. The van der Waals surface area contributed by atoms with Crippen molar-refractivity contribution in [2.75, 3.05) is 20.3 Å². The van der Waals surface area contributed by atoms with Crippen LogP contribution < -0.4 is 11.1 Å². The number of nitrogens with two attached hydrogens (primary N) is 1. The van der Waals surface area contributed by atoms with Gasteiger partial charge in [-0.15, -0.1) is 0 Å². The first-order valence-electron chi connectivity index (χ1n) is 8.02. The van der Waals surface area contributed by atoms with Crippen LogP contribution >= 0.6 is 0 Å². The molecule has 0 bridgehead atoms. The van der Waals surface area contributed by atoms with E-state index < -0.39 is 0 Å². The smallest absolute Gasteiger partial charge is 0.338 e. The lowest BCUT2D eigenvalue weighted by Crippen LogP contribution is -2.34. The molecule has 0 aliphatic carbocycles. The number of guanidine groups is 1. The molecule has 0 aliphatic heterocycles. The second-order valence-electron chi connectivity index (χ2n) is 5.38. The number of rotatable bonds is 8. The molecule has 6 nitrogen and oxygen atoms in total. The van der Waals surface area contributed by atoms with Gasteiger partial charge in [-0.25, -0.2) is 9.79 Å². The number of methoxy groups -OCH3 is 1. The molecule has 2 aromatic carbocycles. The number of nitrogens with zero attached hydrogens (tertiary/aromatic N) is 1. The molecule has 25 heavy (non-hydrogen) atoms. The summed E-state index contributed by atoms with van der Waals surface area (Å²) in [7, 11) is 1.62. The first-order valence-corrected chi connectivity index (χ1v) is 8.02. The van der Waals surface area contributed by atoms with Crippen molar-refractivity contribution in [1.82, 2.24) is 5.32 Å². The lowest BCUT2D eigenvalue weighted by atomic mass is 10.1. The molecule has 2 rings (SSSR count). The highest BCUT2D eigenvalue weighted by Gasteiger charge is 2.08. The molecule has 0 atom stereocenters. The van der Waals surface area contributed by atoms with Crippen LogP contribution in [0.3, 0.4) is 0 Å². The van der Waals surface area contributed by atoms with Crippen molar-refractivity contribution in [3.05, 3.63) is 71.3 Å². The predicted octanol–water partition coefficient (Wildman–Crippen LogP) is 2.09. The van der Waals surface area contributed by atoms with Gasteiger partial charge in [0, 0.05) is 13.7 Å². The third-order valence-corrected chi connectivity index (χ3v) is 3.42. The predicted molar refractivity (Wildman–Crippen MR) is 97.2 cm³/mol. The van der Waals surface area contributed by atoms with E-state index >= 15 is 0 Å². The minimum absolute atomic E-state index is 0.248. The lowest BCUT2D eigenvalue weighted by molar-refractivity contribution is 0.0472. The lowest BCUT2D eigenvalue weighted by Gasteiger charge is -2.07. The summed E-state index contributed by atoms with van der Waals surface area (Å²) in [4.78, 5) is 16.4. The molecule has 0 saturated heterocycles. The third kappa shape index (κ3) is 6.64. The van der Waals surface area contributed by atoms with Gasteiger partial charge in [0.1, 0.15) is 6.61 Å². The number of benzene rings is 2. The van der Waals surface area contributed by atoms with Gasteiger partial charge in [0.2, 0.25) is 0 Å². The molecular weight excluding hydrogens is 318 g/mol. The maximum Gasteiger partial charge on any atom is 0.338 e. The van der Waals surface area contributed by atoms with Crippen molar-refractivity contribution < 1.29 is 14.3 Å². The largest absolute Gasteiger partial charge is 0.457 e. The van der Waals surface area contributed by atoms with Gasteiger partial charge in [0.05, 0.1) is 18.7 Å². The Morgan fingerprint density at radius 3 is 2.64 bits per heavy atom. The Morgan fingerprint density at radius 2 is 1.88 bits per heavy atom. The fraction of sp³-hybridized carbons (Fsp3) is 0.263. The van der Waals surface area contributed by atoms with Crippen LogP contribution in [0, 0.1) is 0 Å². The Hall–Kier alpha value is -2.86. The molecule has 0 fully saturated rings. The number of esters is 1. The van der Waals surface area contributed by atoms with Crippen LogP contribution in [0.15, 0.2) is 59.6 Å². The van der Waals surface area contributed by atoms with Crippen LogP contribution in [0.25, 0.3) is 0 Å². The molecule has 0 unspecified atom stereocenters. The first-order chi connectivity index (χ1) is 12.2. The zero-order valence-electron chi connectivity index (χ0n) is 14.3. The van der Waals surface area contributed by atoms with E-state index in [1.165, 1.54) is 0 Å². The van der Waals surface area contributed by atoms with E-state index in [2.05, 4.69) is 10.3 Å². The highest BCUT2D eigenvalue weighted by molar-refractivity contribution is 5.89. The number of carbonyl (C=O) groups excluding carboxylic acids is 1. The summed E-state index contributed by atoms with van der Waals surface area (Å²) >= 11 is 0. The van der Waals surface area contributed by atoms with Gasteiger partial charge in [-0.1, -0.05) is 42.5 Å². The third-order valence-electron chi connectivity index (χ3n) is 3.42. The van der Waals surface area contributed by atoms with E-state index in [1.807, 2.05) is 36.4 Å². The van der Waals surface area contributed by atoms with Gasteiger partial charge in [-0.2, -0.15) is 0 Å². The molecule has 6 heteroatoms. The van der Waals surface area contributed by atoms with E-state index in [0.29, 0.717) is 31.2 Å². The molecule has 0 saturated carbocycles. The summed E-state index contributed by atoms with van der Waals surface area (Å²) in [5.74, 6) is -0.0185. The van der Waals surface area contributed by atoms with Gasteiger partial charge in [0.15, 0.2) is 5.96 Å². The number of hydrogen-bond acceptors (Lipinski definition) is 4. The van der Waals surface area contributed by atoms with Crippen molar-refractivity contribution in [3.8, 4) is 0 Å². The van der Waals surface area contributed by atoms with Crippen LogP contribution in [0.1, 0.15) is 21.5 Å².